The van der Waals surface area contributed by atoms with Crippen LogP contribution in [0.25, 0.3) is 0 Å². The first kappa shape index (κ1) is 26.7. The van der Waals surface area contributed by atoms with Gasteiger partial charge >= 0.3 is 11.9 Å². The number of ether oxygens (including phenoxy) is 3. The summed E-state index contributed by atoms with van der Waals surface area (Å²) in [6.07, 6.45) is -1.47. The summed E-state index contributed by atoms with van der Waals surface area (Å²) in [5.41, 5.74) is 0.526. The Hall–Kier alpha value is -4.85. The van der Waals surface area contributed by atoms with Crippen LogP contribution in [0.2, 0.25) is 0 Å². The third kappa shape index (κ3) is 5.87. The molecule has 4 N–H and O–H groups in total. The number of amides is 2. The number of azo groups is 1. The van der Waals surface area contributed by atoms with Gasteiger partial charge in [-0.05, 0) is 31.2 Å². The molecule has 2 atom stereocenters. The first-order valence-electron chi connectivity index (χ1n) is 10.6. The normalized spacial score (nSPS) is 15.1. The zero-order valence-electron chi connectivity index (χ0n) is 20.1. The monoisotopic (exact) mass is 513 g/mol. The Bertz CT molecular complexity index is 1310. The number of fused-ring (bicyclic) bond motifs is 1. The van der Waals surface area contributed by atoms with Crippen LogP contribution < -0.4 is 20.7 Å². The number of esters is 2. The van der Waals surface area contributed by atoms with Gasteiger partial charge < -0.3 is 35.3 Å². The van der Waals surface area contributed by atoms with Crippen molar-refractivity contribution in [2.24, 2.45) is 10.2 Å². The summed E-state index contributed by atoms with van der Waals surface area (Å²) in [5, 5.41) is 24.9. The van der Waals surface area contributed by atoms with E-state index in [4.69, 9.17) is 9.47 Å². The first-order chi connectivity index (χ1) is 17.6. The summed E-state index contributed by atoms with van der Waals surface area (Å²) >= 11 is 0. The second-order valence-corrected chi connectivity index (χ2v) is 7.57. The van der Waals surface area contributed by atoms with Crippen LogP contribution in [0.3, 0.4) is 0 Å². The summed E-state index contributed by atoms with van der Waals surface area (Å²) < 4.78 is 14.6. The summed E-state index contributed by atoms with van der Waals surface area (Å²) in [4.78, 5) is 61.0. The maximum absolute atomic E-state index is 13.0. The highest BCUT2D eigenvalue weighted by molar-refractivity contribution is 6.11. The Kier molecular flexibility index (Phi) is 8.14. The molecule has 0 aliphatic carbocycles. The van der Waals surface area contributed by atoms with Crippen molar-refractivity contribution in [3.05, 3.63) is 41.5 Å². The number of hydrogen-bond acceptors (Lipinski definition) is 12. The molecule has 194 valence electrons. The number of methoxy groups -OCH3 is 3. The predicted octanol–water partition coefficient (Wildman–Crippen LogP) is 1.63. The van der Waals surface area contributed by atoms with Crippen LogP contribution >= 0.6 is 0 Å². The average molecular weight is 513 g/mol. The number of benzene rings is 2. The van der Waals surface area contributed by atoms with Crippen molar-refractivity contribution in [3.8, 4) is 5.75 Å². The Balaban J connectivity index is 1.93. The van der Waals surface area contributed by atoms with Gasteiger partial charge in [0, 0.05) is 6.07 Å². The molecule has 3 rings (SSSR count). The van der Waals surface area contributed by atoms with E-state index in [9.17, 15) is 29.1 Å². The summed E-state index contributed by atoms with van der Waals surface area (Å²) in [7, 11) is 3.65. The highest BCUT2D eigenvalue weighted by Gasteiger charge is 2.28. The smallest absolute Gasteiger partial charge is 0.340 e. The van der Waals surface area contributed by atoms with Crippen LogP contribution in [-0.4, -0.2) is 68.2 Å². The highest BCUT2D eigenvalue weighted by atomic mass is 16.5. The number of nitrogens with zero attached hydrogens (tertiary/aromatic N) is 2. The van der Waals surface area contributed by atoms with E-state index in [1.165, 1.54) is 44.6 Å². The largest absolute Gasteiger partial charge is 0.494 e. The third-order valence-electron chi connectivity index (χ3n) is 5.13. The molecule has 0 bridgehead atoms. The molecule has 0 fully saturated rings. The van der Waals surface area contributed by atoms with Crippen molar-refractivity contribution in [2.75, 3.05) is 37.3 Å². The lowest BCUT2D eigenvalue weighted by molar-refractivity contribution is -0.126. The van der Waals surface area contributed by atoms with Crippen LogP contribution in [0, 0.1) is 0 Å². The molecule has 14 heteroatoms. The molecule has 0 saturated heterocycles. The number of Topliss-reactive ketones (excluding diaryl/α,β-unsaturated/α-hetero) is 1. The van der Waals surface area contributed by atoms with Gasteiger partial charge in [0.2, 0.25) is 12.3 Å². The Morgan fingerprint density at radius 2 is 1.73 bits per heavy atom. The van der Waals surface area contributed by atoms with Gasteiger partial charge in [0.15, 0.2) is 5.78 Å². The lowest BCUT2D eigenvalue weighted by Crippen LogP contribution is -2.38. The van der Waals surface area contributed by atoms with Crippen molar-refractivity contribution in [3.63, 3.8) is 0 Å². The van der Waals surface area contributed by atoms with E-state index in [0.29, 0.717) is 5.69 Å². The van der Waals surface area contributed by atoms with Gasteiger partial charge in [0.1, 0.15) is 11.4 Å². The van der Waals surface area contributed by atoms with Crippen molar-refractivity contribution in [2.45, 2.75) is 19.2 Å². The van der Waals surface area contributed by atoms with Gasteiger partial charge in [0.25, 0.3) is 11.8 Å². The fourth-order valence-electron chi connectivity index (χ4n) is 3.26. The molecule has 2 aromatic rings. The van der Waals surface area contributed by atoms with Crippen molar-refractivity contribution < 1.29 is 43.3 Å². The Morgan fingerprint density at radius 1 is 1.03 bits per heavy atom. The topological polar surface area (TPSA) is 194 Å². The van der Waals surface area contributed by atoms with Crippen molar-refractivity contribution in [1.29, 1.82) is 0 Å². The lowest BCUT2D eigenvalue weighted by Gasteiger charge is -2.25. The van der Waals surface area contributed by atoms with Crippen LogP contribution in [0.5, 0.6) is 5.75 Å². The Labute approximate surface area is 210 Å². The maximum Gasteiger partial charge on any atom is 0.340 e. The molecule has 37 heavy (non-hydrogen) atoms. The minimum atomic E-state index is -1.65. The van der Waals surface area contributed by atoms with Crippen LogP contribution in [-0.2, 0) is 23.9 Å². The number of carbonyl (C=O) groups is 5. The standard InChI is InChI=1S/C23H23N5O9/c1-10(29)18(28-27-13-7-11(22(33)36-3)5-6-12(13)23(34)37-4)19(30)26-16-8-14-15(9-17(16)35-2)25-21(32)20(31)24-14/h5-9,18,21,25,32H,1-4H3,(H,24,31)(H,26,30). The number of ketones is 1. The number of carbonyl (C=O) groups excluding carboxylic acids is 5. The SMILES string of the molecule is COC(=O)c1ccc(C(=O)OC)c(N=NC(C(C)=O)C(=O)Nc2cc3c(cc2OC)NC(O)C(=O)N3)c1. The van der Waals surface area contributed by atoms with E-state index in [2.05, 4.69) is 30.9 Å². The van der Waals surface area contributed by atoms with Crippen LogP contribution in [0.15, 0.2) is 40.6 Å². The Morgan fingerprint density at radius 3 is 2.35 bits per heavy atom. The molecule has 0 spiro atoms. The minimum absolute atomic E-state index is 0.0486. The van der Waals surface area contributed by atoms with Gasteiger partial charge in [-0.2, -0.15) is 10.2 Å². The van der Waals surface area contributed by atoms with Gasteiger partial charge in [-0.15, -0.1) is 0 Å². The molecule has 1 heterocycles. The molecule has 2 amide bonds. The quantitative estimate of drug-likeness (QED) is 0.229. The average Bonchev–Trinajstić information content (AvgIpc) is 2.88. The van der Waals surface area contributed by atoms with Gasteiger partial charge in [0.05, 0.1) is 49.5 Å². The number of anilines is 3. The molecule has 1 aliphatic rings. The summed E-state index contributed by atoms with van der Waals surface area (Å²) in [6.45, 7) is 1.12. The van der Waals surface area contributed by atoms with E-state index in [0.717, 1.165) is 14.0 Å². The maximum atomic E-state index is 13.0. The number of nitrogens with one attached hydrogen (secondary N) is 3. The summed E-state index contributed by atoms with van der Waals surface area (Å²) in [5.74, 6) is -3.62. The second kappa shape index (κ2) is 11.3. The van der Waals surface area contributed by atoms with Gasteiger partial charge in [-0.3, -0.25) is 14.4 Å². The fraction of sp³-hybridized carbons (Fsp3) is 0.261. The second-order valence-electron chi connectivity index (χ2n) is 7.57. The molecule has 2 unspecified atom stereocenters. The predicted molar refractivity (Wildman–Crippen MR) is 128 cm³/mol. The molecule has 1 aliphatic heterocycles. The molecule has 0 radical (unpaired) electrons. The molecular formula is C23H23N5O9. The number of hydrogen-bond donors (Lipinski definition) is 4. The van der Waals surface area contributed by atoms with E-state index >= 15 is 0 Å². The zero-order valence-corrected chi connectivity index (χ0v) is 20.1. The molecule has 0 saturated carbocycles. The van der Waals surface area contributed by atoms with Crippen LogP contribution in [0.1, 0.15) is 27.6 Å². The van der Waals surface area contributed by atoms with E-state index < -0.39 is 41.8 Å². The highest BCUT2D eigenvalue weighted by Crippen LogP contribution is 2.37. The van der Waals surface area contributed by atoms with Gasteiger partial charge in [-0.1, -0.05) is 0 Å². The number of aliphatic hydroxyl groups is 1. The van der Waals surface area contributed by atoms with Gasteiger partial charge in [-0.25, -0.2) is 9.59 Å². The first-order valence-corrected chi connectivity index (χ1v) is 10.6. The van der Waals surface area contributed by atoms with E-state index in [1.54, 1.807) is 0 Å². The summed E-state index contributed by atoms with van der Waals surface area (Å²) in [6, 6.07) is 4.94. The molecule has 14 nitrogen and oxygen atoms in total. The molecule has 2 aromatic carbocycles. The lowest BCUT2D eigenvalue weighted by atomic mass is 10.1. The minimum Gasteiger partial charge on any atom is -0.494 e. The van der Waals surface area contributed by atoms with Crippen molar-refractivity contribution >= 4 is 52.3 Å². The zero-order chi connectivity index (χ0) is 27.3. The third-order valence-corrected chi connectivity index (χ3v) is 5.13. The number of aliphatic hydroxyl groups excluding tert-OH is 1. The van der Waals surface area contributed by atoms with E-state index in [-0.39, 0.29) is 33.9 Å². The molecule has 0 aromatic heterocycles. The molecular weight excluding hydrogens is 490 g/mol. The van der Waals surface area contributed by atoms with Crippen molar-refractivity contribution in [1.82, 2.24) is 0 Å². The number of rotatable bonds is 8. The van der Waals surface area contributed by atoms with E-state index in [1.807, 2.05) is 0 Å². The van der Waals surface area contributed by atoms with Crippen LogP contribution in [0.4, 0.5) is 22.7 Å². The fourth-order valence-corrected chi connectivity index (χ4v) is 3.26.